The molecule has 0 saturated carbocycles. The first-order chi connectivity index (χ1) is 11.6. The van der Waals surface area contributed by atoms with Crippen molar-refractivity contribution in [1.29, 1.82) is 0 Å². The van der Waals surface area contributed by atoms with Crippen molar-refractivity contribution in [3.8, 4) is 11.5 Å². The number of carbonyl (C=O) groups is 2. The maximum atomic E-state index is 12.0. The SMILES string of the molecule is Cc1ccccc1OCCC(=O)Nc1ccc2c(c1)NC(=O)CO2. The maximum Gasteiger partial charge on any atom is 0.262 e. The minimum absolute atomic E-state index is 0.00888. The van der Waals surface area contributed by atoms with E-state index in [1.54, 1.807) is 18.2 Å². The molecular weight excluding hydrogens is 308 g/mol. The van der Waals surface area contributed by atoms with Crippen LogP contribution in [-0.2, 0) is 9.59 Å². The van der Waals surface area contributed by atoms with Gasteiger partial charge in [0.2, 0.25) is 5.91 Å². The minimum Gasteiger partial charge on any atom is -0.493 e. The molecule has 2 aromatic rings. The van der Waals surface area contributed by atoms with E-state index >= 15 is 0 Å². The predicted octanol–water partition coefficient (Wildman–Crippen LogP) is 2.73. The molecule has 0 bridgehead atoms. The molecule has 124 valence electrons. The molecule has 2 N–H and O–H groups in total. The van der Waals surface area contributed by atoms with Gasteiger partial charge in [-0.15, -0.1) is 0 Å². The number of para-hydroxylation sites is 1. The Labute approximate surface area is 139 Å². The van der Waals surface area contributed by atoms with Crippen molar-refractivity contribution in [2.24, 2.45) is 0 Å². The molecule has 1 heterocycles. The highest BCUT2D eigenvalue weighted by Crippen LogP contribution is 2.30. The van der Waals surface area contributed by atoms with Gasteiger partial charge in [-0.25, -0.2) is 0 Å². The molecule has 0 saturated heterocycles. The van der Waals surface area contributed by atoms with Crippen LogP contribution in [0.2, 0.25) is 0 Å². The van der Waals surface area contributed by atoms with Crippen LogP contribution in [0, 0.1) is 6.92 Å². The number of carbonyl (C=O) groups excluding carboxylic acids is 2. The number of amides is 2. The van der Waals surface area contributed by atoms with Crippen molar-refractivity contribution in [3.63, 3.8) is 0 Å². The lowest BCUT2D eigenvalue weighted by atomic mass is 10.2. The smallest absolute Gasteiger partial charge is 0.262 e. The van der Waals surface area contributed by atoms with Crippen LogP contribution in [0.5, 0.6) is 11.5 Å². The van der Waals surface area contributed by atoms with E-state index < -0.39 is 0 Å². The topological polar surface area (TPSA) is 76.7 Å². The lowest BCUT2D eigenvalue weighted by molar-refractivity contribution is -0.118. The zero-order chi connectivity index (χ0) is 16.9. The van der Waals surface area contributed by atoms with E-state index in [1.807, 2.05) is 31.2 Å². The van der Waals surface area contributed by atoms with Crippen molar-refractivity contribution in [2.45, 2.75) is 13.3 Å². The Balaban J connectivity index is 1.53. The second kappa shape index (κ2) is 7.04. The van der Waals surface area contributed by atoms with E-state index in [1.165, 1.54) is 0 Å². The number of hydrogen-bond acceptors (Lipinski definition) is 4. The number of hydrogen-bond donors (Lipinski definition) is 2. The zero-order valence-electron chi connectivity index (χ0n) is 13.3. The van der Waals surface area contributed by atoms with Crippen LogP contribution in [0.15, 0.2) is 42.5 Å². The van der Waals surface area contributed by atoms with Gasteiger partial charge in [-0.1, -0.05) is 18.2 Å². The Bertz CT molecular complexity index is 773. The molecule has 0 radical (unpaired) electrons. The van der Waals surface area contributed by atoms with Gasteiger partial charge >= 0.3 is 0 Å². The van der Waals surface area contributed by atoms with Gasteiger partial charge in [-0.05, 0) is 36.8 Å². The van der Waals surface area contributed by atoms with Crippen LogP contribution in [0.25, 0.3) is 0 Å². The second-order valence-electron chi connectivity index (χ2n) is 5.46. The fourth-order valence-electron chi connectivity index (χ4n) is 2.36. The van der Waals surface area contributed by atoms with E-state index in [0.29, 0.717) is 23.7 Å². The van der Waals surface area contributed by atoms with E-state index in [9.17, 15) is 9.59 Å². The van der Waals surface area contributed by atoms with Crippen molar-refractivity contribution < 1.29 is 19.1 Å². The van der Waals surface area contributed by atoms with Crippen molar-refractivity contribution >= 4 is 23.2 Å². The molecule has 6 nitrogen and oxygen atoms in total. The average molecular weight is 326 g/mol. The largest absolute Gasteiger partial charge is 0.493 e. The average Bonchev–Trinajstić information content (AvgIpc) is 2.56. The molecule has 0 fully saturated rings. The molecule has 0 atom stereocenters. The minimum atomic E-state index is -0.211. The number of fused-ring (bicyclic) bond motifs is 1. The van der Waals surface area contributed by atoms with E-state index in [4.69, 9.17) is 9.47 Å². The van der Waals surface area contributed by atoms with Crippen LogP contribution < -0.4 is 20.1 Å². The van der Waals surface area contributed by atoms with Gasteiger partial charge in [-0.2, -0.15) is 0 Å². The normalized spacial score (nSPS) is 12.6. The lowest BCUT2D eigenvalue weighted by Crippen LogP contribution is -2.25. The standard InChI is InChI=1S/C18H18N2O4/c1-12-4-2-3-5-15(12)23-9-8-17(21)19-13-6-7-16-14(10-13)20-18(22)11-24-16/h2-7,10H,8-9,11H2,1H3,(H,19,21)(H,20,22). The molecule has 1 aliphatic heterocycles. The second-order valence-corrected chi connectivity index (χ2v) is 5.46. The fraction of sp³-hybridized carbons (Fsp3) is 0.222. The van der Waals surface area contributed by atoms with E-state index in [2.05, 4.69) is 10.6 Å². The number of ether oxygens (including phenoxy) is 2. The monoisotopic (exact) mass is 326 g/mol. The summed E-state index contributed by atoms with van der Waals surface area (Å²) in [5, 5.41) is 5.49. The number of benzene rings is 2. The Morgan fingerprint density at radius 1 is 1.29 bits per heavy atom. The van der Waals surface area contributed by atoms with Crippen LogP contribution in [0.1, 0.15) is 12.0 Å². The summed E-state index contributed by atoms with van der Waals surface area (Å²) in [6.45, 7) is 2.26. The first-order valence-electron chi connectivity index (χ1n) is 7.67. The number of anilines is 2. The highest BCUT2D eigenvalue weighted by molar-refractivity contribution is 5.97. The van der Waals surface area contributed by atoms with Gasteiger partial charge in [0.15, 0.2) is 6.61 Å². The van der Waals surface area contributed by atoms with Gasteiger partial charge in [0.25, 0.3) is 5.91 Å². The number of aryl methyl sites for hydroxylation is 1. The molecular formula is C18H18N2O4. The number of nitrogens with one attached hydrogen (secondary N) is 2. The quantitative estimate of drug-likeness (QED) is 0.886. The van der Waals surface area contributed by atoms with Gasteiger partial charge in [0.05, 0.1) is 18.7 Å². The Morgan fingerprint density at radius 3 is 2.96 bits per heavy atom. The summed E-state index contributed by atoms with van der Waals surface area (Å²) in [7, 11) is 0. The van der Waals surface area contributed by atoms with Crippen LogP contribution in [0.3, 0.4) is 0 Å². The zero-order valence-corrected chi connectivity index (χ0v) is 13.3. The van der Waals surface area contributed by atoms with Gasteiger partial charge in [-0.3, -0.25) is 9.59 Å². The maximum absolute atomic E-state index is 12.0. The third-order valence-corrected chi connectivity index (χ3v) is 3.58. The third-order valence-electron chi connectivity index (χ3n) is 3.58. The summed E-state index contributed by atoms with van der Waals surface area (Å²) in [6, 6.07) is 12.8. The van der Waals surface area contributed by atoms with E-state index in [0.717, 1.165) is 11.3 Å². The number of rotatable bonds is 5. The molecule has 0 spiro atoms. The molecule has 3 rings (SSSR count). The van der Waals surface area contributed by atoms with Crippen molar-refractivity contribution in [3.05, 3.63) is 48.0 Å². The van der Waals surface area contributed by atoms with E-state index in [-0.39, 0.29) is 24.8 Å². The summed E-state index contributed by atoms with van der Waals surface area (Å²) in [5.74, 6) is 0.999. The van der Waals surface area contributed by atoms with Crippen molar-refractivity contribution in [1.82, 2.24) is 0 Å². The van der Waals surface area contributed by atoms with Gasteiger partial charge < -0.3 is 20.1 Å². The summed E-state index contributed by atoms with van der Waals surface area (Å²) in [5.41, 5.74) is 2.18. The summed E-state index contributed by atoms with van der Waals surface area (Å²) in [6.07, 6.45) is 0.230. The first-order valence-corrected chi connectivity index (χ1v) is 7.67. The Hall–Kier alpha value is -3.02. The Kier molecular flexibility index (Phi) is 4.65. The molecule has 6 heteroatoms. The molecule has 2 amide bonds. The first kappa shape index (κ1) is 15.9. The molecule has 0 unspecified atom stereocenters. The highest BCUT2D eigenvalue weighted by Gasteiger charge is 2.16. The summed E-state index contributed by atoms with van der Waals surface area (Å²) < 4.78 is 10.9. The fourth-order valence-corrected chi connectivity index (χ4v) is 2.36. The molecule has 24 heavy (non-hydrogen) atoms. The van der Waals surface area contributed by atoms with Crippen LogP contribution in [0.4, 0.5) is 11.4 Å². The summed E-state index contributed by atoms with van der Waals surface area (Å²) >= 11 is 0. The van der Waals surface area contributed by atoms with Gasteiger partial charge in [0, 0.05) is 5.69 Å². The predicted molar refractivity (Wildman–Crippen MR) is 90.5 cm³/mol. The van der Waals surface area contributed by atoms with Crippen LogP contribution in [-0.4, -0.2) is 25.0 Å². The molecule has 0 aliphatic carbocycles. The van der Waals surface area contributed by atoms with Crippen molar-refractivity contribution in [2.75, 3.05) is 23.8 Å². The molecule has 1 aliphatic rings. The Morgan fingerprint density at radius 2 is 2.12 bits per heavy atom. The third kappa shape index (κ3) is 3.84. The highest BCUT2D eigenvalue weighted by atomic mass is 16.5. The van der Waals surface area contributed by atoms with Crippen LogP contribution >= 0.6 is 0 Å². The molecule has 0 aromatic heterocycles. The van der Waals surface area contributed by atoms with Gasteiger partial charge in [0.1, 0.15) is 11.5 Å². The summed E-state index contributed by atoms with van der Waals surface area (Å²) in [4.78, 5) is 23.3. The molecule has 2 aromatic carbocycles. The lowest BCUT2D eigenvalue weighted by Gasteiger charge is -2.18.